The maximum absolute atomic E-state index is 12.9. The van der Waals surface area contributed by atoms with Crippen LogP contribution in [0.3, 0.4) is 0 Å². The van der Waals surface area contributed by atoms with Gasteiger partial charge in [0.25, 0.3) is 0 Å². The summed E-state index contributed by atoms with van der Waals surface area (Å²) in [6, 6.07) is 14.8. The summed E-state index contributed by atoms with van der Waals surface area (Å²) >= 11 is 0. The van der Waals surface area contributed by atoms with E-state index in [0.717, 1.165) is 29.8 Å². The van der Waals surface area contributed by atoms with Crippen molar-refractivity contribution in [3.63, 3.8) is 0 Å². The number of para-hydroxylation sites is 1. The number of hydrogen-bond acceptors (Lipinski definition) is 4. The Morgan fingerprint density at radius 1 is 1.08 bits per heavy atom. The van der Waals surface area contributed by atoms with Crippen LogP contribution < -0.4 is 10.1 Å². The first kappa shape index (κ1) is 16.1. The van der Waals surface area contributed by atoms with Gasteiger partial charge in [0.1, 0.15) is 11.3 Å². The Hall–Kier alpha value is -2.75. The molecule has 1 heterocycles. The van der Waals surface area contributed by atoms with Gasteiger partial charge >= 0.3 is 0 Å². The normalized spacial score (nSPS) is 10.8. The maximum atomic E-state index is 12.9. The number of rotatable bonds is 7. The highest BCUT2D eigenvalue weighted by molar-refractivity contribution is 6.14. The summed E-state index contributed by atoms with van der Waals surface area (Å²) in [5, 5.41) is 4.26. The van der Waals surface area contributed by atoms with Gasteiger partial charge < -0.3 is 14.5 Å². The first-order valence-electron chi connectivity index (χ1n) is 8.27. The summed E-state index contributed by atoms with van der Waals surface area (Å²) in [6.45, 7) is 5.40. The van der Waals surface area contributed by atoms with Gasteiger partial charge in [0.2, 0.25) is 5.78 Å². The Morgan fingerprint density at radius 2 is 1.83 bits per heavy atom. The lowest BCUT2D eigenvalue weighted by atomic mass is 10.1. The van der Waals surface area contributed by atoms with Crippen LogP contribution in [0.1, 0.15) is 36.4 Å². The van der Waals surface area contributed by atoms with Crippen molar-refractivity contribution in [2.45, 2.75) is 20.3 Å². The van der Waals surface area contributed by atoms with E-state index >= 15 is 0 Å². The number of carbonyl (C=O) groups excluding carboxylic acids is 1. The smallest absolute Gasteiger partial charge is 0.230 e. The van der Waals surface area contributed by atoms with Crippen molar-refractivity contribution in [2.75, 3.05) is 18.5 Å². The van der Waals surface area contributed by atoms with Crippen LogP contribution in [-0.4, -0.2) is 18.9 Å². The van der Waals surface area contributed by atoms with Crippen LogP contribution in [0.5, 0.6) is 5.75 Å². The van der Waals surface area contributed by atoms with Gasteiger partial charge in [-0.15, -0.1) is 0 Å². The number of hydrogen-bond donors (Lipinski definition) is 1. The largest absolute Gasteiger partial charge is 0.494 e. The number of ketones is 1. The average Bonchev–Trinajstić information content (AvgIpc) is 2.99. The maximum Gasteiger partial charge on any atom is 0.230 e. The predicted octanol–water partition coefficient (Wildman–Crippen LogP) is 4.88. The molecular weight excluding hydrogens is 302 g/mol. The lowest BCUT2D eigenvalue weighted by Gasteiger charge is -2.06. The van der Waals surface area contributed by atoms with Gasteiger partial charge in [0, 0.05) is 17.5 Å². The Balaban J connectivity index is 1.99. The third-order valence-corrected chi connectivity index (χ3v) is 3.78. The molecule has 0 amide bonds. The molecule has 0 aliphatic carbocycles. The lowest BCUT2D eigenvalue weighted by Crippen LogP contribution is -2.06. The number of ether oxygens (including phenoxy) is 1. The van der Waals surface area contributed by atoms with Gasteiger partial charge in [0.05, 0.1) is 12.3 Å². The molecule has 0 aliphatic heterocycles. The van der Waals surface area contributed by atoms with Crippen molar-refractivity contribution < 1.29 is 13.9 Å². The highest BCUT2D eigenvalue weighted by atomic mass is 16.5. The van der Waals surface area contributed by atoms with Gasteiger partial charge in [-0.25, -0.2) is 0 Å². The first-order chi connectivity index (χ1) is 11.7. The molecule has 3 aromatic rings. The molecule has 0 spiro atoms. The molecule has 3 rings (SSSR count). The zero-order valence-electron chi connectivity index (χ0n) is 14.0. The van der Waals surface area contributed by atoms with Crippen molar-refractivity contribution in [2.24, 2.45) is 0 Å². The van der Waals surface area contributed by atoms with Crippen LogP contribution in [0.25, 0.3) is 11.0 Å². The summed E-state index contributed by atoms with van der Waals surface area (Å²) in [7, 11) is 0. The molecule has 0 atom stereocenters. The molecule has 0 aliphatic rings. The molecular formula is C20H21NO3. The van der Waals surface area contributed by atoms with Crippen molar-refractivity contribution in [1.82, 2.24) is 0 Å². The second-order valence-corrected chi connectivity index (χ2v) is 5.52. The third-order valence-electron chi connectivity index (χ3n) is 3.78. The Kier molecular flexibility index (Phi) is 4.85. The molecule has 24 heavy (non-hydrogen) atoms. The number of anilines is 1. The van der Waals surface area contributed by atoms with E-state index in [9.17, 15) is 4.79 Å². The van der Waals surface area contributed by atoms with Crippen molar-refractivity contribution in [1.29, 1.82) is 0 Å². The monoisotopic (exact) mass is 323 g/mol. The van der Waals surface area contributed by atoms with Gasteiger partial charge in [-0.2, -0.15) is 0 Å². The van der Waals surface area contributed by atoms with E-state index in [4.69, 9.17) is 9.15 Å². The molecule has 0 unspecified atom stereocenters. The number of furan rings is 1. The summed E-state index contributed by atoms with van der Waals surface area (Å²) in [6.07, 6.45) is 0.968. The van der Waals surface area contributed by atoms with Gasteiger partial charge in [-0.05, 0) is 49.7 Å². The van der Waals surface area contributed by atoms with E-state index < -0.39 is 0 Å². The van der Waals surface area contributed by atoms with Crippen molar-refractivity contribution >= 4 is 22.4 Å². The Labute approximate surface area is 141 Å². The number of benzene rings is 2. The second kappa shape index (κ2) is 7.21. The summed E-state index contributed by atoms with van der Waals surface area (Å²) in [5.41, 5.74) is 2.06. The molecule has 1 N–H and O–H groups in total. The van der Waals surface area contributed by atoms with E-state index in [0.29, 0.717) is 23.5 Å². The van der Waals surface area contributed by atoms with Crippen LogP contribution in [0, 0.1) is 0 Å². The Morgan fingerprint density at radius 3 is 2.54 bits per heavy atom. The van der Waals surface area contributed by atoms with Crippen LogP contribution in [0.2, 0.25) is 0 Å². The SMILES string of the molecule is CCCNc1c(C(=O)c2ccc(OCC)cc2)oc2ccccc12. The minimum Gasteiger partial charge on any atom is -0.494 e. The molecule has 0 saturated heterocycles. The van der Waals surface area contributed by atoms with Gasteiger partial charge in [0.15, 0.2) is 5.76 Å². The highest BCUT2D eigenvalue weighted by Crippen LogP contribution is 2.32. The first-order valence-corrected chi connectivity index (χ1v) is 8.27. The van der Waals surface area contributed by atoms with E-state index in [2.05, 4.69) is 12.2 Å². The van der Waals surface area contributed by atoms with E-state index in [1.807, 2.05) is 31.2 Å². The third kappa shape index (κ3) is 3.13. The van der Waals surface area contributed by atoms with Crippen molar-refractivity contribution in [3.8, 4) is 5.75 Å². The van der Waals surface area contributed by atoms with Crippen LogP contribution in [-0.2, 0) is 0 Å². The molecule has 4 heteroatoms. The molecule has 4 nitrogen and oxygen atoms in total. The van der Waals surface area contributed by atoms with Gasteiger partial charge in [-0.1, -0.05) is 19.1 Å². The standard InChI is InChI=1S/C20H21NO3/c1-3-13-21-18-16-7-5-6-8-17(16)24-20(18)19(22)14-9-11-15(12-10-14)23-4-2/h5-12,21H,3-4,13H2,1-2H3. The van der Waals surface area contributed by atoms with E-state index in [1.165, 1.54) is 0 Å². The number of nitrogens with one attached hydrogen (secondary N) is 1. The summed E-state index contributed by atoms with van der Waals surface area (Å²) in [5.74, 6) is 0.977. The summed E-state index contributed by atoms with van der Waals surface area (Å²) in [4.78, 5) is 12.9. The lowest BCUT2D eigenvalue weighted by molar-refractivity contribution is 0.101. The minimum absolute atomic E-state index is 0.132. The number of carbonyl (C=O) groups is 1. The minimum atomic E-state index is -0.132. The van der Waals surface area contributed by atoms with Crippen LogP contribution >= 0.6 is 0 Å². The molecule has 1 aromatic heterocycles. The fraction of sp³-hybridized carbons (Fsp3) is 0.250. The van der Waals surface area contributed by atoms with E-state index in [1.54, 1.807) is 24.3 Å². The predicted molar refractivity (Wildman–Crippen MR) is 96.0 cm³/mol. The molecule has 0 radical (unpaired) electrons. The fourth-order valence-corrected chi connectivity index (χ4v) is 2.63. The topological polar surface area (TPSA) is 51.5 Å². The zero-order valence-corrected chi connectivity index (χ0v) is 14.0. The van der Waals surface area contributed by atoms with Crippen LogP contribution in [0.4, 0.5) is 5.69 Å². The molecule has 124 valence electrons. The number of fused-ring (bicyclic) bond motifs is 1. The zero-order chi connectivity index (χ0) is 16.9. The van der Waals surface area contributed by atoms with Crippen molar-refractivity contribution in [3.05, 3.63) is 59.9 Å². The molecule has 0 bridgehead atoms. The molecule has 0 saturated carbocycles. The van der Waals surface area contributed by atoms with Gasteiger partial charge in [-0.3, -0.25) is 4.79 Å². The Bertz CT molecular complexity index is 834. The average molecular weight is 323 g/mol. The van der Waals surface area contributed by atoms with Crippen LogP contribution in [0.15, 0.2) is 52.9 Å². The van der Waals surface area contributed by atoms with E-state index in [-0.39, 0.29) is 5.78 Å². The quantitative estimate of drug-likeness (QED) is 0.629. The highest BCUT2D eigenvalue weighted by Gasteiger charge is 2.21. The molecule has 0 fully saturated rings. The summed E-state index contributed by atoms with van der Waals surface area (Å²) < 4.78 is 11.3. The fourth-order valence-electron chi connectivity index (χ4n) is 2.63. The second-order valence-electron chi connectivity index (χ2n) is 5.52. The molecule has 2 aromatic carbocycles.